The van der Waals surface area contributed by atoms with Gasteiger partial charge in [0.1, 0.15) is 16.6 Å². The highest BCUT2D eigenvalue weighted by Crippen LogP contribution is 2.32. The van der Waals surface area contributed by atoms with Crippen LogP contribution in [0.3, 0.4) is 0 Å². The summed E-state index contributed by atoms with van der Waals surface area (Å²) < 4.78 is 18.0. The van der Waals surface area contributed by atoms with Gasteiger partial charge in [-0.05, 0) is 25.4 Å². The molecule has 0 saturated heterocycles. The summed E-state index contributed by atoms with van der Waals surface area (Å²) in [7, 11) is 3.08. The molecule has 0 saturated carbocycles. The van der Waals surface area contributed by atoms with Crippen LogP contribution >= 0.6 is 11.6 Å². The Balaban J connectivity index is 0.000000193. The lowest BCUT2D eigenvalue weighted by Gasteiger charge is -2.13. The number of aromatic hydroxyl groups is 1. The predicted octanol–water partition coefficient (Wildman–Crippen LogP) is 3.05. The second kappa shape index (κ2) is 14.9. The second-order valence-electron chi connectivity index (χ2n) is 10.9. The molecule has 0 bridgehead atoms. The Kier molecular flexibility index (Phi) is 10.9. The number of halogens is 1. The molecule has 19 heteroatoms. The highest BCUT2D eigenvalue weighted by Gasteiger charge is 2.27. The van der Waals surface area contributed by atoms with E-state index in [2.05, 4.69) is 40.2 Å². The summed E-state index contributed by atoms with van der Waals surface area (Å²) in [5, 5.41) is 17.2. The molecule has 0 amide bonds. The van der Waals surface area contributed by atoms with Gasteiger partial charge in [-0.25, -0.2) is 19.9 Å². The lowest BCUT2D eigenvalue weighted by Crippen LogP contribution is -2.24. The summed E-state index contributed by atoms with van der Waals surface area (Å²) in [5.41, 5.74) is -0.00232. The first-order valence-corrected chi connectivity index (χ1v) is 14.9. The van der Waals surface area contributed by atoms with Crippen LogP contribution in [-0.2, 0) is 23.7 Å². The maximum Gasteiger partial charge on any atom is 0.313 e. The minimum absolute atomic E-state index is 0.0138. The number of hydrogen-bond acceptors (Lipinski definition) is 16. The van der Waals surface area contributed by atoms with Gasteiger partial charge in [0.2, 0.25) is 5.24 Å². The first-order chi connectivity index (χ1) is 23.1. The lowest BCUT2D eigenvalue weighted by molar-refractivity contribution is -0.137. The Bertz CT molecular complexity index is 2290. The Morgan fingerprint density at radius 3 is 1.63 bits per heavy atom. The molecule has 1 N–H and O–H groups in total. The predicted molar refractivity (Wildman–Crippen MR) is 173 cm³/mol. The van der Waals surface area contributed by atoms with E-state index in [0.29, 0.717) is 11.6 Å². The highest BCUT2D eigenvalue weighted by atomic mass is 35.5. The zero-order valence-corrected chi connectivity index (χ0v) is 28.4. The molecule has 0 atom stereocenters. The van der Waals surface area contributed by atoms with Gasteiger partial charge in [0.05, 0.1) is 5.92 Å². The van der Waals surface area contributed by atoms with Gasteiger partial charge < -0.3 is 18.9 Å². The van der Waals surface area contributed by atoms with Crippen LogP contribution in [-0.4, -0.2) is 65.7 Å². The maximum atomic E-state index is 12.7. The van der Waals surface area contributed by atoms with Crippen molar-refractivity contribution in [3.8, 4) is 34.4 Å². The van der Waals surface area contributed by atoms with Gasteiger partial charge in [0.25, 0.3) is 22.9 Å². The molecular formula is C30H31ClN10O8. The molecule has 0 fully saturated rings. The number of esters is 1. The van der Waals surface area contributed by atoms with Crippen molar-refractivity contribution in [2.24, 2.45) is 25.9 Å². The standard InChI is InChI=1S/C15H15N5O4.C11H9N5O3.C4H7ClO/c1-7(2)15(22)23-11-9(13-18-8(3)19-24-13)14(21)20(4)12-10(11)16-5-6-17-12;1-5-14-10(19-15-5)6-8(17)7-9(13-4-3-12-7)16(2)11(6)18;1-3(2)4(5)6/h5-7H,1-4H3;3-4,17H,1-2H3;3H,1-2H3. The van der Waals surface area contributed by atoms with Gasteiger partial charge in [-0.1, -0.05) is 38.0 Å². The van der Waals surface area contributed by atoms with Gasteiger partial charge in [0.15, 0.2) is 40.0 Å². The third-order valence-electron chi connectivity index (χ3n) is 6.54. The average Bonchev–Trinajstić information content (AvgIpc) is 3.70. The van der Waals surface area contributed by atoms with Gasteiger partial charge in [-0.15, -0.1) is 0 Å². The molecular weight excluding hydrogens is 664 g/mol. The van der Waals surface area contributed by atoms with Crippen molar-refractivity contribution >= 4 is 45.1 Å². The SMILES string of the molecule is CC(C)C(=O)Cl.Cc1noc(-c2c(O)c3nccnc3n(C)c2=O)n1.Cc1noc(-c2c(OC(=O)C(C)C)c3nccnc3n(C)c2=O)n1. The third kappa shape index (κ3) is 7.64. The van der Waals surface area contributed by atoms with E-state index in [0.717, 1.165) is 0 Å². The fourth-order valence-electron chi connectivity index (χ4n) is 3.94. The van der Waals surface area contributed by atoms with Crippen molar-refractivity contribution in [3.05, 3.63) is 57.1 Å². The van der Waals surface area contributed by atoms with Crippen molar-refractivity contribution in [2.45, 2.75) is 41.5 Å². The fraction of sp³-hybridized carbons (Fsp3) is 0.333. The second-order valence-corrected chi connectivity index (χ2v) is 11.3. The number of aryl methyl sites for hydroxylation is 4. The molecule has 0 aromatic carbocycles. The zero-order chi connectivity index (χ0) is 36.2. The van der Waals surface area contributed by atoms with Gasteiger partial charge in [0, 0.05) is 44.8 Å². The van der Waals surface area contributed by atoms with E-state index in [1.54, 1.807) is 48.6 Å². The fourth-order valence-corrected chi connectivity index (χ4v) is 3.94. The van der Waals surface area contributed by atoms with Crippen molar-refractivity contribution in [3.63, 3.8) is 0 Å². The van der Waals surface area contributed by atoms with Crippen LogP contribution in [0.1, 0.15) is 39.3 Å². The molecule has 0 aliphatic carbocycles. The highest BCUT2D eigenvalue weighted by molar-refractivity contribution is 6.63. The summed E-state index contributed by atoms with van der Waals surface area (Å²) in [6.45, 7) is 10.1. The van der Waals surface area contributed by atoms with Crippen LogP contribution in [0, 0.1) is 25.7 Å². The molecule has 6 aromatic rings. The Labute approximate surface area is 281 Å². The van der Waals surface area contributed by atoms with Crippen molar-refractivity contribution in [2.75, 3.05) is 0 Å². The quantitative estimate of drug-likeness (QED) is 0.201. The van der Waals surface area contributed by atoms with Crippen LogP contribution in [0.5, 0.6) is 11.5 Å². The number of carbonyl (C=O) groups is 2. The van der Waals surface area contributed by atoms with Crippen LogP contribution in [0.2, 0.25) is 0 Å². The Morgan fingerprint density at radius 2 is 1.18 bits per heavy atom. The monoisotopic (exact) mass is 694 g/mol. The Morgan fingerprint density at radius 1 is 0.755 bits per heavy atom. The summed E-state index contributed by atoms with van der Waals surface area (Å²) >= 11 is 4.97. The molecule has 0 aliphatic heterocycles. The topological polar surface area (TPSA) is 237 Å². The van der Waals surface area contributed by atoms with E-state index in [1.807, 2.05) is 0 Å². The molecule has 256 valence electrons. The van der Waals surface area contributed by atoms with Gasteiger partial charge in [-0.2, -0.15) is 9.97 Å². The van der Waals surface area contributed by atoms with Crippen LogP contribution in [0.25, 0.3) is 45.2 Å². The number of fused-ring (bicyclic) bond motifs is 2. The number of hydrogen-bond donors (Lipinski definition) is 1. The Hall–Kier alpha value is -5.91. The zero-order valence-electron chi connectivity index (χ0n) is 27.6. The summed E-state index contributed by atoms with van der Waals surface area (Å²) in [5.74, 6) is -0.602. The maximum absolute atomic E-state index is 12.7. The molecule has 0 unspecified atom stereocenters. The molecule has 49 heavy (non-hydrogen) atoms. The molecule has 6 rings (SSSR count). The molecule has 0 radical (unpaired) electrons. The van der Waals surface area contributed by atoms with E-state index in [9.17, 15) is 24.3 Å². The number of rotatable bonds is 5. The largest absolute Gasteiger partial charge is 0.505 e. The van der Waals surface area contributed by atoms with Crippen molar-refractivity contribution in [1.29, 1.82) is 0 Å². The van der Waals surface area contributed by atoms with E-state index in [1.165, 1.54) is 41.0 Å². The van der Waals surface area contributed by atoms with Gasteiger partial charge in [-0.3, -0.25) is 28.3 Å². The van der Waals surface area contributed by atoms with Crippen molar-refractivity contribution < 1.29 is 28.5 Å². The molecule has 0 spiro atoms. The van der Waals surface area contributed by atoms with E-state index in [-0.39, 0.29) is 67.9 Å². The minimum Gasteiger partial charge on any atom is -0.505 e. The summed E-state index contributed by atoms with van der Waals surface area (Å²) in [6.07, 6.45) is 5.77. The number of pyridine rings is 2. The van der Waals surface area contributed by atoms with Crippen molar-refractivity contribution in [1.82, 2.24) is 49.4 Å². The van der Waals surface area contributed by atoms with E-state index in [4.69, 9.17) is 25.4 Å². The number of aromatic nitrogens is 10. The average molecular weight is 695 g/mol. The smallest absolute Gasteiger partial charge is 0.313 e. The minimum atomic E-state index is -0.507. The molecule has 6 heterocycles. The van der Waals surface area contributed by atoms with Gasteiger partial charge >= 0.3 is 5.97 Å². The molecule has 18 nitrogen and oxygen atoms in total. The summed E-state index contributed by atoms with van der Waals surface area (Å²) in [4.78, 5) is 71.4. The summed E-state index contributed by atoms with van der Waals surface area (Å²) in [6, 6.07) is 0. The van der Waals surface area contributed by atoms with E-state index < -0.39 is 23.0 Å². The van der Waals surface area contributed by atoms with Crippen LogP contribution < -0.4 is 15.9 Å². The third-order valence-corrected chi connectivity index (χ3v) is 6.98. The number of ether oxygens (including phenoxy) is 1. The molecule has 6 aromatic heterocycles. The molecule has 0 aliphatic rings. The van der Waals surface area contributed by atoms with Crippen LogP contribution in [0.4, 0.5) is 0 Å². The lowest BCUT2D eigenvalue weighted by atomic mass is 10.2. The van der Waals surface area contributed by atoms with E-state index >= 15 is 0 Å². The number of nitrogens with zero attached hydrogens (tertiary/aromatic N) is 10. The first-order valence-electron chi connectivity index (χ1n) is 14.5. The first kappa shape index (κ1) is 35.9. The number of carbonyl (C=O) groups excluding carboxylic acids is 2. The normalized spacial score (nSPS) is 10.9. The van der Waals surface area contributed by atoms with Crippen LogP contribution in [0.15, 0.2) is 43.4 Å².